The number of carbonyl (C=O) groups excluding carboxylic acids is 2. The van der Waals surface area contributed by atoms with Gasteiger partial charge in [-0.3, -0.25) is 14.4 Å². The van der Waals surface area contributed by atoms with Crippen LogP contribution in [0.1, 0.15) is 19.8 Å². The molecule has 0 saturated carbocycles. The third kappa shape index (κ3) is 4.03. The minimum absolute atomic E-state index is 0.0944. The van der Waals surface area contributed by atoms with Crippen molar-refractivity contribution in [1.29, 1.82) is 0 Å². The van der Waals surface area contributed by atoms with E-state index in [1.165, 1.54) is 12.0 Å². The summed E-state index contributed by atoms with van der Waals surface area (Å²) in [6, 6.07) is 5.01. The summed E-state index contributed by atoms with van der Waals surface area (Å²) in [6.07, 6.45) is 0.658. The van der Waals surface area contributed by atoms with E-state index in [1.54, 1.807) is 23.1 Å². The van der Waals surface area contributed by atoms with Gasteiger partial charge in [-0.2, -0.15) is 0 Å². The maximum absolute atomic E-state index is 13.0. The van der Waals surface area contributed by atoms with Gasteiger partial charge < -0.3 is 19.6 Å². The van der Waals surface area contributed by atoms with Gasteiger partial charge >= 0.3 is 5.97 Å². The molecular formula is C19H23ClN2O5. The molecule has 0 radical (unpaired) electrons. The number of methoxy groups -OCH3 is 1. The molecule has 8 heteroatoms. The summed E-state index contributed by atoms with van der Waals surface area (Å²) in [4.78, 5) is 40.0. The van der Waals surface area contributed by atoms with E-state index in [2.05, 4.69) is 0 Å². The van der Waals surface area contributed by atoms with E-state index in [4.69, 9.17) is 16.3 Å². The average Bonchev–Trinajstić information content (AvgIpc) is 3.02. The first-order valence-corrected chi connectivity index (χ1v) is 9.33. The number of carbonyl (C=O) groups is 3. The highest BCUT2D eigenvalue weighted by molar-refractivity contribution is 6.31. The molecule has 2 aliphatic heterocycles. The fraction of sp³-hybridized carbons (Fsp3) is 0.526. The Morgan fingerprint density at radius 1 is 1.22 bits per heavy atom. The number of rotatable bonds is 4. The van der Waals surface area contributed by atoms with Crippen LogP contribution in [0.15, 0.2) is 18.2 Å². The van der Waals surface area contributed by atoms with Crippen LogP contribution in [0.25, 0.3) is 0 Å². The summed E-state index contributed by atoms with van der Waals surface area (Å²) in [5, 5.41) is 9.79. The SMILES string of the molecule is COc1ccc(Cl)cc1N1CC(C(=O)N2CC(C)CC(C(=O)O)C2)CC1=O. The van der Waals surface area contributed by atoms with Crippen LogP contribution in [0.3, 0.4) is 0 Å². The number of nitrogens with zero attached hydrogens (tertiary/aromatic N) is 2. The molecule has 2 saturated heterocycles. The summed E-state index contributed by atoms with van der Waals surface area (Å²) in [6.45, 7) is 2.90. The van der Waals surface area contributed by atoms with E-state index < -0.39 is 17.8 Å². The maximum atomic E-state index is 13.0. The van der Waals surface area contributed by atoms with Gasteiger partial charge in [0.1, 0.15) is 5.75 Å². The molecule has 3 unspecified atom stereocenters. The summed E-state index contributed by atoms with van der Waals surface area (Å²) in [7, 11) is 1.51. The third-order valence-electron chi connectivity index (χ3n) is 5.23. The van der Waals surface area contributed by atoms with Crippen LogP contribution in [0.4, 0.5) is 5.69 Å². The lowest BCUT2D eigenvalue weighted by molar-refractivity contribution is -0.148. The van der Waals surface area contributed by atoms with Crippen molar-refractivity contribution in [3.05, 3.63) is 23.2 Å². The average molecular weight is 395 g/mol. The van der Waals surface area contributed by atoms with E-state index >= 15 is 0 Å². The number of hydrogen-bond acceptors (Lipinski definition) is 4. The lowest BCUT2D eigenvalue weighted by atomic mass is 9.89. The number of benzene rings is 1. The summed E-state index contributed by atoms with van der Waals surface area (Å²) in [5.41, 5.74) is 0.542. The number of piperidine rings is 1. The molecule has 0 aromatic heterocycles. The molecule has 1 aromatic carbocycles. The first kappa shape index (κ1) is 19.5. The highest BCUT2D eigenvalue weighted by atomic mass is 35.5. The topological polar surface area (TPSA) is 87.2 Å². The number of anilines is 1. The Morgan fingerprint density at radius 3 is 2.63 bits per heavy atom. The number of carboxylic acid groups (broad SMARTS) is 1. The van der Waals surface area contributed by atoms with Gasteiger partial charge in [-0.1, -0.05) is 18.5 Å². The Balaban J connectivity index is 1.76. The van der Waals surface area contributed by atoms with Crippen LogP contribution in [-0.2, 0) is 14.4 Å². The van der Waals surface area contributed by atoms with Crippen molar-refractivity contribution in [2.45, 2.75) is 19.8 Å². The van der Waals surface area contributed by atoms with E-state index in [1.807, 2.05) is 6.92 Å². The van der Waals surface area contributed by atoms with E-state index in [-0.39, 0.29) is 37.2 Å². The lowest BCUT2D eigenvalue weighted by Crippen LogP contribution is -2.48. The molecule has 2 aliphatic rings. The fourth-order valence-corrected chi connectivity index (χ4v) is 4.11. The van der Waals surface area contributed by atoms with Gasteiger partial charge in [0.05, 0.1) is 24.6 Å². The Labute approximate surface area is 162 Å². The quantitative estimate of drug-likeness (QED) is 0.846. The maximum Gasteiger partial charge on any atom is 0.308 e. The van der Waals surface area contributed by atoms with Crippen molar-refractivity contribution in [2.75, 3.05) is 31.6 Å². The van der Waals surface area contributed by atoms with Gasteiger partial charge in [0.15, 0.2) is 0 Å². The third-order valence-corrected chi connectivity index (χ3v) is 5.46. The number of hydrogen-bond donors (Lipinski definition) is 1. The molecule has 3 atom stereocenters. The second kappa shape index (κ2) is 7.76. The van der Waals surface area contributed by atoms with E-state index in [9.17, 15) is 19.5 Å². The second-order valence-electron chi connectivity index (χ2n) is 7.34. The molecule has 7 nitrogen and oxygen atoms in total. The number of likely N-dealkylation sites (tertiary alicyclic amines) is 1. The second-order valence-corrected chi connectivity index (χ2v) is 7.78. The lowest BCUT2D eigenvalue weighted by Gasteiger charge is -2.36. The summed E-state index contributed by atoms with van der Waals surface area (Å²) < 4.78 is 5.31. The van der Waals surface area contributed by atoms with E-state index in [0.717, 1.165) is 0 Å². The molecule has 2 amide bonds. The molecule has 146 valence electrons. The minimum Gasteiger partial charge on any atom is -0.495 e. The number of ether oxygens (including phenoxy) is 1. The highest BCUT2D eigenvalue weighted by Crippen LogP contribution is 2.36. The standard InChI is InChI=1S/C19H23ClN2O5/c1-11-5-13(19(25)26)9-21(8-11)18(24)12-6-17(23)22(10-12)15-7-14(20)3-4-16(15)27-2/h3-4,7,11-13H,5-6,8-10H2,1-2H3,(H,25,26). The van der Waals surface area contributed by atoms with Crippen molar-refractivity contribution in [3.63, 3.8) is 0 Å². The van der Waals surface area contributed by atoms with Crippen molar-refractivity contribution in [2.24, 2.45) is 17.8 Å². The molecule has 1 N–H and O–H groups in total. The van der Waals surface area contributed by atoms with Gasteiger partial charge in [0.2, 0.25) is 11.8 Å². The summed E-state index contributed by atoms with van der Waals surface area (Å²) >= 11 is 6.06. The number of amides is 2. The van der Waals surface area contributed by atoms with Gasteiger partial charge in [0.25, 0.3) is 0 Å². The normalized spacial score (nSPS) is 25.6. The van der Waals surface area contributed by atoms with Crippen molar-refractivity contribution < 1.29 is 24.2 Å². The largest absolute Gasteiger partial charge is 0.495 e. The Hall–Kier alpha value is -2.28. The van der Waals surface area contributed by atoms with Crippen LogP contribution in [0.2, 0.25) is 5.02 Å². The van der Waals surface area contributed by atoms with Gasteiger partial charge in [-0.05, 0) is 30.5 Å². The molecule has 2 heterocycles. The first-order valence-electron chi connectivity index (χ1n) is 8.95. The van der Waals surface area contributed by atoms with Crippen LogP contribution >= 0.6 is 11.6 Å². The van der Waals surface area contributed by atoms with Gasteiger partial charge in [-0.15, -0.1) is 0 Å². The molecular weight excluding hydrogens is 372 g/mol. The number of halogens is 1. The predicted octanol–water partition coefficient (Wildman–Crippen LogP) is 2.27. The fourth-order valence-electron chi connectivity index (χ4n) is 3.95. The molecule has 3 rings (SSSR count). The van der Waals surface area contributed by atoms with Gasteiger partial charge in [0, 0.05) is 31.1 Å². The summed E-state index contributed by atoms with van der Waals surface area (Å²) in [5.74, 6) is -1.64. The highest BCUT2D eigenvalue weighted by Gasteiger charge is 2.40. The van der Waals surface area contributed by atoms with Crippen LogP contribution in [-0.4, -0.2) is 54.5 Å². The smallest absolute Gasteiger partial charge is 0.308 e. The molecule has 1 aromatic rings. The zero-order valence-electron chi connectivity index (χ0n) is 15.4. The Bertz CT molecular complexity index is 768. The number of aliphatic carboxylic acids is 1. The molecule has 0 bridgehead atoms. The van der Waals surface area contributed by atoms with Crippen molar-refractivity contribution in [3.8, 4) is 5.75 Å². The zero-order valence-corrected chi connectivity index (χ0v) is 16.1. The van der Waals surface area contributed by atoms with Crippen molar-refractivity contribution in [1.82, 2.24) is 4.90 Å². The molecule has 27 heavy (non-hydrogen) atoms. The minimum atomic E-state index is -0.882. The predicted molar refractivity (Wildman–Crippen MR) is 100.0 cm³/mol. The van der Waals surface area contributed by atoms with Crippen LogP contribution < -0.4 is 9.64 Å². The zero-order chi connectivity index (χ0) is 19.7. The monoisotopic (exact) mass is 394 g/mol. The molecule has 0 spiro atoms. The molecule has 2 fully saturated rings. The van der Waals surface area contributed by atoms with Crippen molar-refractivity contribution >= 4 is 35.1 Å². The Morgan fingerprint density at radius 2 is 1.96 bits per heavy atom. The first-order chi connectivity index (χ1) is 12.8. The molecule has 0 aliphatic carbocycles. The van der Waals surface area contributed by atoms with Crippen LogP contribution in [0, 0.1) is 17.8 Å². The Kier molecular flexibility index (Phi) is 5.60. The van der Waals surface area contributed by atoms with Crippen LogP contribution in [0.5, 0.6) is 5.75 Å². The van der Waals surface area contributed by atoms with E-state index in [0.29, 0.717) is 29.4 Å². The van der Waals surface area contributed by atoms with Gasteiger partial charge in [-0.25, -0.2) is 0 Å². The number of carboxylic acids is 1.